The Labute approximate surface area is 108 Å². The summed E-state index contributed by atoms with van der Waals surface area (Å²) >= 11 is 0. The number of benzene rings is 1. The van der Waals surface area contributed by atoms with Gasteiger partial charge in [-0.2, -0.15) is 0 Å². The zero-order chi connectivity index (χ0) is 12.2. The molecule has 0 amide bonds. The van der Waals surface area contributed by atoms with Crippen molar-refractivity contribution in [2.75, 3.05) is 6.54 Å². The van der Waals surface area contributed by atoms with Gasteiger partial charge in [0, 0.05) is 0 Å². The summed E-state index contributed by atoms with van der Waals surface area (Å²) in [7, 11) is 0. The Bertz CT molecular complexity index is 472. The first-order valence-corrected chi connectivity index (χ1v) is 7.31. The summed E-state index contributed by atoms with van der Waals surface area (Å²) in [4.78, 5) is 0. The molecular formula is C16H21NO. The molecule has 0 radical (unpaired) electrons. The van der Waals surface area contributed by atoms with Gasteiger partial charge in [0.1, 0.15) is 0 Å². The van der Waals surface area contributed by atoms with E-state index < -0.39 is 5.60 Å². The zero-order valence-corrected chi connectivity index (χ0v) is 10.7. The highest BCUT2D eigenvalue weighted by atomic mass is 16.3. The summed E-state index contributed by atoms with van der Waals surface area (Å²) in [6.07, 6.45) is 5.90. The van der Waals surface area contributed by atoms with E-state index in [0.717, 1.165) is 25.3 Å². The van der Waals surface area contributed by atoms with Crippen molar-refractivity contribution in [3.8, 4) is 0 Å². The summed E-state index contributed by atoms with van der Waals surface area (Å²) in [6.45, 7) is 1.00. The van der Waals surface area contributed by atoms with Crippen LogP contribution in [0, 0.1) is 11.8 Å². The minimum Gasteiger partial charge on any atom is -0.388 e. The lowest BCUT2D eigenvalue weighted by atomic mass is 9.74. The van der Waals surface area contributed by atoms with Crippen LogP contribution in [0.3, 0.4) is 0 Å². The zero-order valence-electron chi connectivity index (χ0n) is 10.7. The number of fused-ring (bicyclic) bond motifs is 3. The van der Waals surface area contributed by atoms with Crippen LogP contribution >= 0.6 is 0 Å². The van der Waals surface area contributed by atoms with Gasteiger partial charge >= 0.3 is 0 Å². The van der Waals surface area contributed by atoms with E-state index in [2.05, 4.69) is 29.6 Å². The van der Waals surface area contributed by atoms with E-state index in [9.17, 15) is 5.11 Å². The maximum atomic E-state index is 11.2. The molecule has 2 aliphatic carbocycles. The van der Waals surface area contributed by atoms with Crippen molar-refractivity contribution < 1.29 is 5.11 Å². The van der Waals surface area contributed by atoms with Crippen LogP contribution in [0.2, 0.25) is 0 Å². The Balaban J connectivity index is 1.74. The molecule has 1 aromatic carbocycles. The van der Waals surface area contributed by atoms with Crippen LogP contribution in [0.25, 0.3) is 0 Å². The van der Waals surface area contributed by atoms with Crippen LogP contribution < -0.4 is 5.32 Å². The van der Waals surface area contributed by atoms with Gasteiger partial charge in [0.15, 0.2) is 0 Å². The van der Waals surface area contributed by atoms with E-state index in [1.54, 1.807) is 0 Å². The molecule has 0 saturated heterocycles. The molecular weight excluding hydrogens is 222 g/mol. The molecule has 18 heavy (non-hydrogen) atoms. The fraction of sp³-hybridized carbons (Fsp3) is 0.625. The molecule has 4 unspecified atom stereocenters. The Kier molecular flexibility index (Phi) is 2.33. The monoisotopic (exact) mass is 243 g/mol. The molecule has 4 atom stereocenters. The van der Waals surface area contributed by atoms with Gasteiger partial charge in [-0.1, -0.05) is 24.3 Å². The first kappa shape index (κ1) is 11.0. The summed E-state index contributed by atoms with van der Waals surface area (Å²) in [5.41, 5.74) is 2.29. The molecule has 1 heterocycles. The van der Waals surface area contributed by atoms with E-state index in [-0.39, 0.29) is 6.04 Å². The van der Waals surface area contributed by atoms with Gasteiger partial charge in [0.2, 0.25) is 0 Å². The van der Waals surface area contributed by atoms with Crippen molar-refractivity contribution >= 4 is 0 Å². The lowest BCUT2D eigenvalue weighted by Gasteiger charge is -2.43. The van der Waals surface area contributed by atoms with Crippen molar-refractivity contribution in [2.45, 2.75) is 43.7 Å². The molecule has 0 aromatic heterocycles. The SMILES string of the molecule is OC1(C2NCCc3ccccc32)CC2CCC1C2. The van der Waals surface area contributed by atoms with Gasteiger partial charge in [-0.3, -0.25) is 0 Å². The van der Waals surface area contributed by atoms with Crippen LogP contribution in [-0.2, 0) is 6.42 Å². The van der Waals surface area contributed by atoms with Gasteiger partial charge in [0.05, 0.1) is 11.6 Å². The average Bonchev–Trinajstić information content (AvgIpc) is 2.98. The molecule has 4 rings (SSSR count). The van der Waals surface area contributed by atoms with E-state index in [1.807, 2.05) is 0 Å². The maximum absolute atomic E-state index is 11.2. The number of hydrogen-bond donors (Lipinski definition) is 2. The van der Waals surface area contributed by atoms with E-state index >= 15 is 0 Å². The molecule has 1 aliphatic heterocycles. The first-order valence-electron chi connectivity index (χ1n) is 7.31. The highest BCUT2D eigenvalue weighted by molar-refractivity contribution is 5.35. The number of nitrogens with one attached hydrogen (secondary N) is 1. The maximum Gasteiger partial charge on any atom is 0.0872 e. The van der Waals surface area contributed by atoms with Gasteiger partial charge in [0.25, 0.3) is 0 Å². The average molecular weight is 243 g/mol. The Hall–Kier alpha value is -0.860. The molecule has 0 spiro atoms. The highest BCUT2D eigenvalue weighted by Gasteiger charge is 2.54. The van der Waals surface area contributed by atoms with Crippen molar-refractivity contribution in [1.82, 2.24) is 5.32 Å². The minimum atomic E-state index is -0.487. The van der Waals surface area contributed by atoms with Crippen molar-refractivity contribution in [2.24, 2.45) is 11.8 Å². The Morgan fingerprint density at radius 2 is 2.11 bits per heavy atom. The number of rotatable bonds is 1. The second kappa shape index (κ2) is 3.82. The van der Waals surface area contributed by atoms with Crippen molar-refractivity contribution in [3.05, 3.63) is 35.4 Å². The van der Waals surface area contributed by atoms with E-state index in [0.29, 0.717) is 5.92 Å². The van der Waals surface area contributed by atoms with Crippen molar-refractivity contribution in [3.63, 3.8) is 0 Å². The van der Waals surface area contributed by atoms with Crippen LogP contribution in [0.1, 0.15) is 42.9 Å². The minimum absolute atomic E-state index is 0.165. The van der Waals surface area contributed by atoms with Gasteiger partial charge in [-0.15, -0.1) is 0 Å². The smallest absolute Gasteiger partial charge is 0.0872 e. The molecule has 96 valence electrons. The molecule has 2 fully saturated rings. The molecule has 1 aromatic rings. The lowest BCUT2D eigenvalue weighted by Crippen LogP contribution is -2.50. The topological polar surface area (TPSA) is 32.3 Å². The third kappa shape index (κ3) is 1.42. The summed E-state index contributed by atoms with van der Waals surface area (Å²) in [5.74, 6) is 1.29. The lowest BCUT2D eigenvalue weighted by molar-refractivity contribution is -0.0491. The summed E-state index contributed by atoms with van der Waals surface area (Å²) in [5, 5.41) is 14.8. The Morgan fingerprint density at radius 3 is 2.89 bits per heavy atom. The predicted molar refractivity (Wildman–Crippen MR) is 71.3 cm³/mol. The van der Waals surface area contributed by atoms with Crippen LogP contribution in [0.4, 0.5) is 0 Å². The molecule has 3 aliphatic rings. The standard InChI is InChI=1S/C16H21NO/c18-16(10-11-5-6-13(16)9-11)15-14-4-2-1-3-12(14)7-8-17-15/h1-4,11,13,15,17-18H,5-10H2. The quantitative estimate of drug-likeness (QED) is 0.794. The second-order valence-electron chi connectivity index (χ2n) is 6.41. The molecule has 2 bridgehead atoms. The Morgan fingerprint density at radius 1 is 1.22 bits per heavy atom. The largest absolute Gasteiger partial charge is 0.388 e. The molecule has 2 saturated carbocycles. The summed E-state index contributed by atoms with van der Waals surface area (Å²) < 4.78 is 0. The fourth-order valence-electron chi connectivity index (χ4n) is 4.65. The third-order valence-electron chi connectivity index (χ3n) is 5.47. The predicted octanol–water partition coefficient (Wildman–Crippen LogP) is 2.42. The number of aliphatic hydroxyl groups is 1. The van der Waals surface area contributed by atoms with Gasteiger partial charge in [-0.25, -0.2) is 0 Å². The van der Waals surface area contributed by atoms with Gasteiger partial charge in [-0.05, 0) is 61.6 Å². The first-order chi connectivity index (χ1) is 8.77. The number of hydrogen-bond acceptors (Lipinski definition) is 2. The summed E-state index contributed by atoms with van der Waals surface area (Å²) in [6, 6.07) is 8.81. The highest BCUT2D eigenvalue weighted by Crippen LogP contribution is 2.55. The van der Waals surface area contributed by atoms with Crippen LogP contribution in [0.5, 0.6) is 0 Å². The second-order valence-corrected chi connectivity index (χ2v) is 6.41. The molecule has 2 nitrogen and oxygen atoms in total. The van der Waals surface area contributed by atoms with Crippen LogP contribution in [-0.4, -0.2) is 17.3 Å². The molecule has 2 N–H and O–H groups in total. The fourth-order valence-corrected chi connectivity index (χ4v) is 4.65. The van der Waals surface area contributed by atoms with Crippen molar-refractivity contribution in [1.29, 1.82) is 0 Å². The normalized spacial score (nSPS) is 41.9. The van der Waals surface area contributed by atoms with E-state index in [1.165, 1.54) is 30.4 Å². The van der Waals surface area contributed by atoms with Crippen LogP contribution in [0.15, 0.2) is 24.3 Å². The molecule has 2 heteroatoms. The third-order valence-corrected chi connectivity index (χ3v) is 5.47. The van der Waals surface area contributed by atoms with E-state index in [4.69, 9.17) is 0 Å². The van der Waals surface area contributed by atoms with Gasteiger partial charge < -0.3 is 10.4 Å².